The lowest BCUT2D eigenvalue weighted by Gasteiger charge is -2.26. The number of nitro groups is 1. The van der Waals surface area contributed by atoms with Crippen molar-refractivity contribution in [2.24, 2.45) is 4.99 Å². The number of nitro benzene ring substituents is 1. The number of nitrogens with zero attached hydrogens (tertiary/aromatic N) is 4. The minimum absolute atomic E-state index is 0.0201. The second-order valence-electron chi connectivity index (χ2n) is 12.6. The zero-order valence-corrected chi connectivity index (χ0v) is 31.6. The number of benzene rings is 4. The van der Waals surface area contributed by atoms with E-state index in [2.05, 4.69) is 20.5 Å². The van der Waals surface area contributed by atoms with Gasteiger partial charge in [0, 0.05) is 33.4 Å². The summed E-state index contributed by atoms with van der Waals surface area (Å²) in [6.07, 6.45) is 1.45. The normalized spacial score (nSPS) is 14.2. The number of non-ortho nitro benzene ring substituents is 1. The van der Waals surface area contributed by atoms with Crippen LogP contribution in [0, 0.1) is 10.1 Å². The highest BCUT2D eigenvalue weighted by atomic mass is 79.9. The minimum atomic E-state index is -0.884. The lowest BCUT2D eigenvalue weighted by molar-refractivity contribution is -0.384. The molecular weight excluding hydrogens is 756 g/mol. The number of carbonyl (C=O) groups is 1. The number of hydrogen-bond donors (Lipinski definition) is 0. The predicted molar refractivity (Wildman–Crippen MR) is 209 cm³/mol. The van der Waals surface area contributed by atoms with Gasteiger partial charge in [-0.2, -0.15) is 0 Å². The first-order valence-corrected chi connectivity index (χ1v) is 18.3. The molecule has 0 saturated carbocycles. The van der Waals surface area contributed by atoms with Crippen molar-refractivity contribution >= 4 is 45.0 Å². The standard InChI is InChI=1S/C41H33BrN4O6S/c1-24(2)52-40(48)36-25(3)43-41-45(38(36)32-23-29(42)15-20-34(32)51-4)39(47)35(53-41)22-28-21-33(26-11-7-5-8-12-26)44(37(28)27-13-9-6-10-14-27)30-16-18-31(19-17-30)46(49)50/h5-24,38H,1-4H3/b35-22-/t38-/m0/s1. The molecule has 53 heavy (non-hydrogen) atoms. The van der Waals surface area contributed by atoms with Crippen LogP contribution in [0.5, 0.6) is 5.75 Å². The van der Waals surface area contributed by atoms with Crippen LogP contribution in [0.1, 0.15) is 37.9 Å². The van der Waals surface area contributed by atoms with E-state index in [1.54, 1.807) is 50.6 Å². The molecule has 0 amide bonds. The van der Waals surface area contributed by atoms with E-state index in [4.69, 9.17) is 14.5 Å². The molecule has 2 aromatic heterocycles. The average molecular weight is 790 g/mol. The Morgan fingerprint density at radius 1 is 0.962 bits per heavy atom. The van der Waals surface area contributed by atoms with Gasteiger partial charge in [-0.25, -0.2) is 9.79 Å². The number of esters is 1. The van der Waals surface area contributed by atoms with Crippen LogP contribution < -0.4 is 19.6 Å². The van der Waals surface area contributed by atoms with E-state index in [-0.39, 0.29) is 16.8 Å². The number of ether oxygens (including phenoxy) is 2. The van der Waals surface area contributed by atoms with E-state index in [0.29, 0.717) is 32.0 Å². The summed E-state index contributed by atoms with van der Waals surface area (Å²) in [6, 6.07) is 32.6. The number of allylic oxidation sites excluding steroid dienone is 1. The van der Waals surface area contributed by atoms with Crippen LogP contribution in [-0.4, -0.2) is 33.2 Å². The van der Waals surface area contributed by atoms with Crippen molar-refractivity contribution in [3.63, 3.8) is 0 Å². The third-order valence-electron chi connectivity index (χ3n) is 8.82. The number of hydrogen-bond acceptors (Lipinski definition) is 8. The lowest BCUT2D eigenvalue weighted by Crippen LogP contribution is -2.40. The summed E-state index contributed by atoms with van der Waals surface area (Å²) in [7, 11) is 1.55. The van der Waals surface area contributed by atoms with Gasteiger partial charge in [0.15, 0.2) is 4.80 Å². The number of rotatable bonds is 9. The van der Waals surface area contributed by atoms with E-state index in [1.807, 2.05) is 84.9 Å². The Kier molecular flexibility index (Phi) is 9.82. The number of fused-ring (bicyclic) bond motifs is 1. The van der Waals surface area contributed by atoms with Gasteiger partial charge in [0.1, 0.15) is 11.8 Å². The Morgan fingerprint density at radius 2 is 1.62 bits per heavy atom. The van der Waals surface area contributed by atoms with Gasteiger partial charge in [0.05, 0.1) is 45.3 Å². The molecule has 0 unspecified atom stereocenters. The van der Waals surface area contributed by atoms with Gasteiger partial charge in [-0.3, -0.25) is 19.5 Å². The zero-order valence-electron chi connectivity index (χ0n) is 29.1. The molecule has 4 aromatic carbocycles. The third kappa shape index (κ3) is 6.78. The van der Waals surface area contributed by atoms with Crippen molar-refractivity contribution in [1.29, 1.82) is 0 Å². The Bertz CT molecular complexity index is 2590. The van der Waals surface area contributed by atoms with Gasteiger partial charge in [0.25, 0.3) is 11.2 Å². The maximum absolute atomic E-state index is 14.7. The first-order chi connectivity index (χ1) is 25.5. The van der Waals surface area contributed by atoms with E-state index >= 15 is 0 Å². The van der Waals surface area contributed by atoms with Gasteiger partial charge in [-0.1, -0.05) is 87.9 Å². The van der Waals surface area contributed by atoms with Gasteiger partial charge < -0.3 is 14.0 Å². The number of aromatic nitrogens is 2. The first kappa shape index (κ1) is 35.5. The fourth-order valence-electron chi connectivity index (χ4n) is 6.56. The van der Waals surface area contributed by atoms with E-state index in [1.165, 1.54) is 23.5 Å². The van der Waals surface area contributed by atoms with Gasteiger partial charge >= 0.3 is 5.97 Å². The highest BCUT2D eigenvalue weighted by molar-refractivity contribution is 9.10. The van der Waals surface area contributed by atoms with Crippen molar-refractivity contribution in [2.45, 2.75) is 32.9 Å². The maximum atomic E-state index is 14.7. The smallest absolute Gasteiger partial charge is 0.338 e. The summed E-state index contributed by atoms with van der Waals surface area (Å²) in [5.41, 5.74) is 5.76. The second kappa shape index (κ2) is 14.6. The molecule has 6 aromatic rings. The fourth-order valence-corrected chi connectivity index (χ4v) is 7.98. The second-order valence-corrected chi connectivity index (χ2v) is 14.5. The molecule has 0 aliphatic carbocycles. The number of halogens is 1. The zero-order chi connectivity index (χ0) is 37.4. The molecule has 0 N–H and O–H groups in total. The maximum Gasteiger partial charge on any atom is 0.338 e. The predicted octanol–water partition coefficient (Wildman–Crippen LogP) is 7.99. The first-order valence-electron chi connectivity index (χ1n) is 16.7. The summed E-state index contributed by atoms with van der Waals surface area (Å²) in [5, 5.41) is 11.6. The highest BCUT2D eigenvalue weighted by Gasteiger charge is 2.36. The van der Waals surface area contributed by atoms with E-state index in [9.17, 15) is 19.7 Å². The van der Waals surface area contributed by atoms with Crippen LogP contribution in [0.15, 0.2) is 135 Å². The third-order valence-corrected chi connectivity index (χ3v) is 10.3. The average Bonchev–Trinajstić information content (AvgIpc) is 3.68. The Morgan fingerprint density at radius 3 is 2.25 bits per heavy atom. The molecule has 0 radical (unpaired) electrons. The van der Waals surface area contributed by atoms with Crippen LogP contribution in [0.3, 0.4) is 0 Å². The monoisotopic (exact) mass is 788 g/mol. The van der Waals surface area contributed by atoms with Crippen LogP contribution in [0.2, 0.25) is 0 Å². The Labute approximate surface area is 316 Å². The largest absolute Gasteiger partial charge is 0.496 e. The van der Waals surface area contributed by atoms with E-state index in [0.717, 1.165) is 32.6 Å². The van der Waals surface area contributed by atoms with Crippen molar-refractivity contribution in [1.82, 2.24) is 9.13 Å². The van der Waals surface area contributed by atoms with Crippen LogP contribution in [0.4, 0.5) is 5.69 Å². The molecule has 0 fully saturated rings. The van der Waals surface area contributed by atoms with Crippen molar-refractivity contribution in [3.8, 4) is 34.0 Å². The highest BCUT2D eigenvalue weighted by Crippen LogP contribution is 2.39. The molecule has 266 valence electrons. The topological polar surface area (TPSA) is 118 Å². The molecule has 3 heterocycles. The molecule has 1 atom stereocenters. The molecule has 1 aliphatic rings. The molecule has 10 nitrogen and oxygen atoms in total. The number of thiazole rings is 1. The van der Waals surface area contributed by atoms with Crippen molar-refractivity contribution in [2.75, 3.05) is 7.11 Å². The summed E-state index contributed by atoms with van der Waals surface area (Å²) in [5.74, 6) is -0.0713. The van der Waals surface area contributed by atoms with Crippen molar-refractivity contribution in [3.05, 3.63) is 166 Å². The quantitative estimate of drug-likeness (QED) is 0.0833. The van der Waals surface area contributed by atoms with Crippen LogP contribution >= 0.6 is 27.3 Å². The van der Waals surface area contributed by atoms with Gasteiger partial charge in [0.2, 0.25) is 0 Å². The molecular formula is C41H33BrN4O6S. The minimum Gasteiger partial charge on any atom is -0.496 e. The Hall–Kier alpha value is -5.85. The summed E-state index contributed by atoms with van der Waals surface area (Å²) >= 11 is 4.79. The lowest BCUT2D eigenvalue weighted by atomic mass is 9.95. The van der Waals surface area contributed by atoms with Crippen molar-refractivity contribution < 1.29 is 19.2 Å². The summed E-state index contributed by atoms with van der Waals surface area (Å²) in [4.78, 5) is 44.8. The SMILES string of the molecule is COc1ccc(Br)cc1[C@H]1C(C(=O)OC(C)C)=C(C)N=c2s/c(=C\c3cc(-c4ccccc4)n(-c4ccc([N+](=O)[O-])cc4)c3-c3ccccc3)c(=O)n21. The molecule has 1 aliphatic heterocycles. The van der Waals surface area contributed by atoms with Gasteiger partial charge in [-0.05, 0) is 74.4 Å². The molecule has 7 rings (SSSR count). The number of carbonyl (C=O) groups excluding carboxylic acids is 1. The molecule has 12 heteroatoms. The molecule has 0 saturated heterocycles. The van der Waals surface area contributed by atoms with E-state index < -0.39 is 23.0 Å². The van der Waals surface area contributed by atoms with Crippen LogP contribution in [0.25, 0.3) is 34.3 Å². The summed E-state index contributed by atoms with van der Waals surface area (Å²) < 4.78 is 16.2. The fraction of sp³-hybridized carbons (Fsp3) is 0.146. The molecule has 0 spiro atoms. The number of methoxy groups -OCH3 is 1. The summed E-state index contributed by atoms with van der Waals surface area (Å²) in [6.45, 7) is 5.29. The van der Waals surface area contributed by atoms with Crippen LogP contribution in [-0.2, 0) is 9.53 Å². The molecule has 0 bridgehead atoms. The van der Waals surface area contributed by atoms with Gasteiger partial charge in [-0.15, -0.1) is 0 Å². The Balaban J connectivity index is 1.52.